The molecule has 0 spiro atoms. The van der Waals surface area contributed by atoms with Gasteiger partial charge in [-0.15, -0.1) is 0 Å². The van der Waals surface area contributed by atoms with Gasteiger partial charge in [-0.2, -0.15) is 4.31 Å². The first-order chi connectivity index (χ1) is 14.3. The van der Waals surface area contributed by atoms with E-state index in [1.807, 2.05) is 0 Å². The number of sulfonamides is 1. The van der Waals surface area contributed by atoms with Gasteiger partial charge in [0, 0.05) is 39.3 Å². The summed E-state index contributed by atoms with van der Waals surface area (Å²) in [6.45, 7) is 2.51. The van der Waals surface area contributed by atoms with Crippen LogP contribution in [0, 0.1) is 11.6 Å². The molecule has 1 aliphatic heterocycles. The fourth-order valence-corrected chi connectivity index (χ4v) is 4.46. The Morgan fingerprint density at radius 2 is 1.50 bits per heavy atom. The Bertz CT molecular complexity index is 945. The van der Waals surface area contributed by atoms with Crippen LogP contribution in [0.1, 0.15) is 0 Å². The number of nitrogens with one attached hydrogen (secondary N) is 1. The van der Waals surface area contributed by atoms with Gasteiger partial charge < -0.3 is 10.1 Å². The molecule has 1 saturated heterocycles. The van der Waals surface area contributed by atoms with E-state index in [1.54, 1.807) is 0 Å². The van der Waals surface area contributed by atoms with Gasteiger partial charge in [-0.1, -0.05) is 0 Å². The normalized spacial score (nSPS) is 15.7. The zero-order chi connectivity index (χ0) is 21.6. The first-order valence-electron chi connectivity index (χ1n) is 9.48. The Hall–Kier alpha value is -2.56. The quantitative estimate of drug-likeness (QED) is 0.674. The second kappa shape index (κ2) is 9.96. The summed E-state index contributed by atoms with van der Waals surface area (Å²) in [5.41, 5.74) is 0. The van der Waals surface area contributed by atoms with Crippen LogP contribution >= 0.6 is 0 Å². The average molecular weight is 439 g/mol. The van der Waals surface area contributed by atoms with Crippen molar-refractivity contribution < 1.29 is 26.7 Å². The maximum absolute atomic E-state index is 13.0. The van der Waals surface area contributed by atoms with Crippen molar-refractivity contribution in [3.8, 4) is 5.75 Å². The fraction of sp³-hybridized carbons (Fsp3) is 0.350. The molecule has 3 rings (SSSR count). The molecule has 0 unspecified atom stereocenters. The molecule has 2 aromatic rings. The molecule has 7 nitrogen and oxygen atoms in total. The van der Waals surface area contributed by atoms with Crippen LogP contribution in [-0.2, 0) is 14.8 Å². The summed E-state index contributed by atoms with van der Waals surface area (Å²) < 4.78 is 57.7. The van der Waals surface area contributed by atoms with E-state index in [4.69, 9.17) is 4.74 Å². The van der Waals surface area contributed by atoms with Crippen LogP contribution in [0.25, 0.3) is 0 Å². The summed E-state index contributed by atoms with van der Waals surface area (Å²) >= 11 is 0. The van der Waals surface area contributed by atoms with E-state index in [1.165, 1.54) is 40.7 Å². The van der Waals surface area contributed by atoms with Crippen molar-refractivity contribution in [2.24, 2.45) is 0 Å². The lowest BCUT2D eigenvalue weighted by molar-refractivity contribution is -0.123. The molecule has 30 heavy (non-hydrogen) atoms. The van der Waals surface area contributed by atoms with Crippen LogP contribution in [-0.4, -0.2) is 69.4 Å². The van der Waals surface area contributed by atoms with Crippen LogP contribution in [0.5, 0.6) is 5.75 Å². The second-order valence-corrected chi connectivity index (χ2v) is 8.73. The van der Waals surface area contributed by atoms with Gasteiger partial charge in [0.15, 0.2) is 6.61 Å². The average Bonchev–Trinajstić information content (AvgIpc) is 2.74. The predicted octanol–water partition coefficient (Wildman–Crippen LogP) is 1.47. The lowest BCUT2D eigenvalue weighted by Crippen LogP contribution is -2.50. The van der Waals surface area contributed by atoms with E-state index in [2.05, 4.69) is 10.2 Å². The third-order valence-electron chi connectivity index (χ3n) is 4.72. The van der Waals surface area contributed by atoms with Crippen molar-refractivity contribution in [3.63, 3.8) is 0 Å². The molecule has 1 aliphatic rings. The zero-order valence-corrected chi connectivity index (χ0v) is 17.1. The highest BCUT2D eigenvalue weighted by Gasteiger charge is 2.28. The minimum absolute atomic E-state index is 0.0748. The number of carbonyl (C=O) groups excluding carboxylic acids is 1. The molecule has 0 bridgehead atoms. The number of piperazine rings is 1. The summed E-state index contributed by atoms with van der Waals surface area (Å²) in [5.74, 6) is -0.747. The topological polar surface area (TPSA) is 79.0 Å². The second-order valence-electron chi connectivity index (χ2n) is 6.79. The molecule has 1 fully saturated rings. The summed E-state index contributed by atoms with van der Waals surface area (Å²) in [6, 6.07) is 10.2. The summed E-state index contributed by atoms with van der Waals surface area (Å²) in [6.07, 6.45) is 0. The van der Waals surface area contributed by atoms with E-state index in [-0.39, 0.29) is 23.2 Å². The third-order valence-corrected chi connectivity index (χ3v) is 6.63. The molecule has 2 aromatic carbocycles. The van der Waals surface area contributed by atoms with Gasteiger partial charge in [0.25, 0.3) is 5.91 Å². The van der Waals surface area contributed by atoms with Gasteiger partial charge in [-0.05, 0) is 48.5 Å². The maximum Gasteiger partial charge on any atom is 0.257 e. The maximum atomic E-state index is 13.0. The van der Waals surface area contributed by atoms with Gasteiger partial charge in [-0.25, -0.2) is 17.2 Å². The first-order valence-corrected chi connectivity index (χ1v) is 10.9. The van der Waals surface area contributed by atoms with Gasteiger partial charge in [0.2, 0.25) is 10.0 Å². The molecular formula is C20H23F2N3O4S. The van der Waals surface area contributed by atoms with Crippen LogP contribution in [0.3, 0.4) is 0 Å². The minimum atomic E-state index is -3.64. The first kappa shape index (κ1) is 22.1. The number of rotatable bonds is 8. The number of carbonyl (C=O) groups is 1. The van der Waals surface area contributed by atoms with Crippen LogP contribution in [0.2, 0.25) is 0 Å². The van der Waals surface area contributed by atoms with Crippen LogP contribution < -0.4 is 10.1 Å². The summed E-state index contributed by atoms with van der Waals surface area (Å²) in [5, 5.41) is 2.74. The standard InChI is InChI=1S/C20H23F2N3O4S/c21-16-1-5-18(6-2-16)29-15-20(26)23-9-10-24-11-13-25(14-12-24)30(27,28)19-7-3-17(22)4-8-19/h1-8H,9-15H2,(H,23,26). The smallest absolute Gasteiger partial charge is 0.257 e. The van der Waals surface area contributed by atoms with Gasteiger partial charge >= 0.3 is 0 Å². The zero-order valence-electron chi connectivity index (χ0n) is 16.3. The van der Waals surface area contributed by atoms with Crippen LogP contribution in [0.15, 0.2) is 53.4 Å². The van der Waals surface area contributed by atoms with E-state index in [0.717, 1.165) is 12.1 Å². The van der Waals surface area contributed by atoms with Crippen molar-refractivity contribution in [2.45, 2.75) is 4.90 Å². The Balaban J connectivity index is 1.37. The minimum Gasteiger partial charge on any atom is -0.484 e. The van der Waals surface area contributed by atoms with Gasteiger partial charge in [0.05, 0.1) is 4.90 Å². The molecule has 0 aliphatic carbocycles. The summed E-state index contributed by atoms with van der Waals surface area (Å²) in [4.78, 5) is 14.0. The Kier molecular flexibility index (Phi) is 7.35. The number of hydrogen-bond acceptors (Lipinski definition) is 5. The Morgan fingerprint density at radius 3 is 2.10 bits per heavy atom. The number of halogens is 2. The predicted molar refractivity (Wildman–Crippen MR) is 107 cm³/mol. The Labute approximate surface area is 174 Å². The van der Waals surface area contributed by atoms with E-state index in [9.17, 15) is 22.0 Å². The lowest BCUT2D eigenvalue weighted by Gasteiger charge is -2.33. The Morgan fingerprint density at radius 1 is 0.933 bits per heavy atom. The van der Waals surface area contributed by atoms with Gasteiger partial charge in [0.1, 0.15) is 17.4 Å². The molecule has 0 aromatic heterocycles. The highest BCUT2D eigenvalue weighted by atomic mass is 32.2. The molecule has 162 valence electrons. The molecule has 10 heteroatoms. The number of benzene rings is 2. The van der Waals surface area contributed by atoms with E-state index >= 15 is 0 Å². The third kappa shape index (κ3) is 5.97. The molecular weight excluding hydrogens is 416 g/mol. The van der Waals surface area contributed by atoms with Crippen molar-refractivity contribution >= 4 is 15.9 Å². The molecule has 1 heterocycles. The molecule has 1 N–H and O–H groups in total. The number of hydrogen-bond donors (Lipinski definition) is 1. The highest BCUT2D eigenvalue weighted by molar-refractivity contribution is 7.89. The number of ether oxygens (including phenoxy) is 1. The number of nitrogens with zero attached hydrogens (tertiary/aromatic N) is 2. The highest BCUT2D eigenvalue weighted by Crippen LogP contribution is 2.18. The van der Waals surface area contributed by atoms with E-state index in [0.29, 0.717) is 45.0 Å². The molecule has 0 saturated carbocycles. The van der Waals surface area contributed by atoms with Crippen LogP contribution in [0.4, 0.5) is 8.78 Å². The molecule has 0 atom stereocenters. The van der Waals surface area contributed by atoms with Gasteiger partial charge in [-0.3, -0.25) is 9.69 Å². The number of amides is 1. The van der Waals surface area contributed by atoms with Crippen molar-refractivity contribution in [1.29, 1.82) is 0 Å². The summed E-state index contributed by atoms with van der Waals surface area (Å²) in [7, 11) is -3.64. The molecule has 1 amide bonds. The van der Waals surface area contributed by atoms with Crippen molar-refractivity contribution in [2.75, 3.05) is 45.9 Å². The largest absolute Gasteiger partial charge is 0.484 e. The van der Waals surface area contributed by atoms with Crippen molar-refractivity contribution in [1.82, 2.24) is 14.5 Å². The monoisotopic (exact) mass is 439 g/mol. The SMILES string of the molecule is O=C(COc1ccc(F)cc1)NCCN1CCN(S(=O)(=O)c2ccc(F)cc2)CC1. The van der Waals surface area contributed by atoms with Crippen molar-refractivity contribution in [3.05, 3.63) is 60.2 Å². The lowest BCUT2D eigenvalue weighted by atomic mass is 10.3. The fourth-order valence-electron chi connectivity index (χ4n) is 3.03. The molecule has 0 radical (unpaired) electrons. The van der Waals surface area contributed by atoms with E-state index < -0.39 is 15.8 Å².